The summed E-state index contributed by atoms with van der Waals surface area (Å²) in [7, 11) is 0. The van der Waals surface area contributed by atoms with Crippen LogP contribution in [0.3, 0.4) is 0 Å². The number of fused-ring (bicyclic) bond motifs is 2. The van der Waals surface area contributed by atoms with Crippen molar-refractivity contribution in [3.63, 3.8) is 0 Å². The average Bonchev–Trinajstić information content (AvgIpc) is 2.73. The molecule has 2 nitrogen and oxygen atoms in total. The molecule has 3 heteroatoms. The number of phenols is 1. The minimum atomic E-state index is 0.265. The lowest BCUT2D eigenvalue weighted by molar-refractivity contribution is 0.475. The molecule has 1 aliphatic carbocycles. The zero-order valence-corrected chi connectivity index (χ0v) is 13.8. The van der Waals surface area contributed by atoms with Crippen molar-refractivity contribution in [1.82, 2.24) is 4.98 Å². The van der Waals surface area contributed by atoms with Crippen LogP contribution in [-0.2, 0) is 12.8 Å². The number of aromatic hydroxyl groups is 1. The molecule has 0 saturated heterocycles. The molecular weight excluding hydrogens is 318 g/mol. The van der Waals surface area contributed by atoms with Crippen LogP contribution in [0.25, 0.3) is 11.6 Å². The molecule has 0 radical (unpaired) electrons. The Balaban J connectivity index is 1.97. The topological polar surface area (TPSA) is 33.1 Å². The van der Waals surface area contributed by atoms with Crippen molar-refractivity contribution in [3.8, 4) is 5.75 Å². The number of aromatic nitrogens is 1. The molecule has 0 amide bonds. The Hall–Kier alpha value is -2.58. The van der Waals surface area contributed by atoms with E-state index in [0.29, 0.717) is 0 Å². The van der Waals surface area contributed by atoms with Gasteiger partial charge in [-0.2, -0.15) is 0 Å². The first-order chi connectivity index (χ1) is 11.7. The van der Waals surface area contributed by atoms with Crippen LogP contribution in [0.4, 0.5) is 0 Å². The molecule has 0 atom stereocenters. The number of phenolic OH excluding ortho intramolecular Hbond substituents is 1. The third-order valence-corrected chi connectivity index (χ3v) is 4.59. The van der Waals surface area contributed by atoms with Gasteiger partial charge in [0.2, 0.25) is 0 Å². The van der Waals surface area contributed by atoms with Crippen LogP contribution < -0.4 is 0 Å². The molecule has 24 heavy (non-hydrogen) atoms. The van der Waals surface area contributed by atoms with E-state index in [1.54, 1.807) is 12.1 Å². The first kappa shape index (κ1) is 15.0. The first-order valence-corrected chi connectivity index (χ1v) is 8.32. The average molecular weight is 334 g/mol. The molecule has 1 heterocycles. The first-order valence-electron chi connectivity index (χ1n) is 7.94. The van der Waals surface area contributed by atoms with E-state index in [2.05, 4.69) is 23.2 Å². The number of aryl methyl sites for hydroxylation is 2. The number of hydrogen-bond acceptors (Lipinski definition) is 2. The largest absolute Gasteiger partial charge is 0.508 e. The molecule has 0 spiro atoms. The lowest BCUT2D eigenvalue weighted by atomic mass is 9.93. The van der Waals surface area contributed by atoms with E-state index >= 15 is 0 Å². The van der Waals surface area contributed by atoms with Crippen LogP contribution in [0.15, 0.2) is 60.8 Å². The molecule has 0 fully saturated rings. The van der Waals surface area contributed by atoms with Crippen LogP contribution in [0.5, 0.6) is 5.75 Å². The normalized spacial score (nSPS) is 14.8. The monoisotopic (exact) mass is 333 g/mol. The highest BCUT2D eigenvalue weighted by Gasteiger charge is 2.19. The lowest BCUT2D eigenvalue weighted by Crippen LogP contribution is -1.95. The fraction of sp³-hybridized carbons (Fsp3) is 0.0952. The Bertz CT molecular complexity index is 946. The zero-order chi connectivity index (χ0) is 16.5. The van der Waals surface area contributed by atoms with Gasteiger partial charge in [-0.05, 0) is 71.5 Å². The summed E-state index contributed by atoms with van der Waals surface area (Å²) in [4.78, 5) is 4.57. The molecule has 4 rings (SSSR count). The summed E-state index contributed by atoms with van der Waals surface area (Å²) in [5, 5.41) is 10.5. The van der Waals surface area contributed by atoms with Crippen molar-refractivity contribution < 1.29 is 5.11 Å². The fourth-order valence-corrected chi connectivity index (χ4v) is 3.44. The van der Waals surface area contributed by atoms with Gasteiger partial charge in [0.05, 0.1) is 0 Å². The van der Waals surface area contributed by atoms with Gasteiger partial charge in [0, 0.05) is 22.5 Å². The van der Waals surface area contributed by atoms with Gasteiger partial charge in [-0.1, -0.05) is 35.9 Å². The Morgan fingerprint density at radius 3 is 2.75 bits per heavy atom. The fourth-order valence-electron chi connectivity index (χ4n) is 3.25. The maximum absolute atomic E-state index is 9.77. The van der Waals surface area contributed by atoms with Gasteiger partial charge in [-0.3, -0.25) is 4.98 Å². The molecule has 0 unspecified atom stereocenters. The third kappa shape index (κ3) is 2.81. The Morgan fingerprint density at radius 2 is 1.88 bits per heavy atom. The highest BCUT2D eigenvalue weighted by molar-refractivity contribution is 6.30. The summed E-state index contributed by atoms with van der Waals surface area (Å²) in [6.45, 7) is 0. The van der Waals surface area contributed by atoms with Crippen molar-refractivity contribution in [2.45, 2.75) is 12.8 Å². The van der Waals surface area contributed by atoms with E-state index in [9.17, 15) is 5.11 Å². The molecule has 118 valence electrons. The molecule has 1 N–H and O–H groups in total. The Labute approximate surface area is 146 Å². The van der Waals surface area contributed by atoms with Gasteiger partial charge < -0.3 is 5.11 Å². The van der Waals surface area contributed by atoms with E-state index in [0.717, 1.165) is 40.3 Å². The summed E-state index contributed by atoms with van der Waals surface area (Å²) < 4.78 is 0. The number of pyridine rings is 1. The van der Waals surface area contributed by atoms with Crippen molar-refractivity contribution in [1.29, 1.82) is 0 Å². The number of benzene rings is 2. The summed E-state index contributed by atoms with van der Waals surface area (Å²) in [5.41, 5.74) is 6.72. The second kappa shape index (κ2) is 6.14. The summed E-state index contributed by atoms with van der Waals surface area (Å²) >= 11 is 6.20. The molecule has 0 aliphatic heterocycles. The summed E-state index contributed by atoms with van der Waals surface area (Å²) in [5.74, 6) is 0.265. The van der Waals surface area contributed by atoms with Gasteiger partial charge in [-0.25, -0.2) is 0 Å². The minimum Gasteiger partial charge on any atom is -0.508 e. The second-order valence-corrected chi connectivity index (χ2v) is 6.39. The van der Waals surface area contributed by atoms with Crippen molar-refractivity contribution in [3.05, 3.63) is 93.8 Å². The second-order valence-electron chi connectivity index (χ2n) is 5.95. The maximum Gasteiger partial charge on any atom is 0.116 e. The van der Waals surface area contributed by atoms with E-state index in [1.807, 2.05) is 36.5 Å². The molecule has 3 aromatic rings. The van der Waals surface area contributed by atoms with E-state index in [-0.39, 0.29) is 5.75 Å². The van der Waals surface area contributed by atoms with Gasteiger partial charge in [-0.15, -0.1) is 0 Å². The predicted molar refractivity (Wildman–Crippen MR) is 98.2 cm³/mol. The van der Waals surface area contributed by atoms with Crippen molar-refractivity contribution in [2.24, 2.45) is 0 Å². The summed E-state index contributed by atoms with van der Waals surface area (Å²) in [6, 6.07) is 17.4. The highest BCUT2D eigenvalue weighted by atomic mass is 35.5. The molecule has 0 bridgehead atoms. The minimum absolute atomic E-state index is 0.265. The van der Waals surface area contributed by atoms with E-state index < -0.39 is 0 Å². The van der Waals surface area contributed by atoms with Crippen molar-refractivity contribution in [2.75, 3.05) is 0 Å². The Morgan fingerprint density at radius 1 is 0.958 bits per heavy atom. The molecule has 1 aromatic heterocycles. The molecule has 1 aliphatic rings. The Kier molecular flexibility index (Phi) is 3.83. The number of rotatable bonds is 1. The van der Waals surface area contributed by atoms with E-state index in [4.69, 9.17) is 11.6 Å². The number of hydrogen-bond donors (Lipinski definition) is 1. The van der Waals surface area contributed by atoms with Gasteiger partial charge >= 0.3 is 0 Å². The van der Waals surface area contributed by atoms with Gasteiger partial charge in [0.1, 0.15) is 5.75 Å². The molecular formula is C21H16ClNO. The zero-order valence-electron chi connectivity index (χ0n) is 13.0. The van der Waals surface area contributed by atoms with Crippen LogP contribution in [0, 0.1) is 0 Å². The van der Waals surface area contributed by atoms with Crippen LogP contribution >= 0.6 is 11.6 Å². The van der Waals surface area contributed by atoms with Crippen molar-refractivity contribution >= 4 is 23.3 Å². The molecule has 0 saturated carbocycles. The van der Waals surface area contributed by atoms with Gasteiger partial charge in [0.15, 0.2) is 0 Å². The van der Waals surface area contributed by atoms with E-state index in [1.165, 1.54) is 11.1 Å². The lowest BCUT2D eigenvalue weighted by Gasteiger charge is -2.12. The molecule has 2 aromatic carbocycles. The quantitative estimate of drug-likeness (QED) is 0.669. The standard InChI is InChI=1S/C21H16ClNO/c22-16-7-8-18-15(13-16)6-9-21-19(5-2-10-23-21)20(18)12-14-3-1-4-17(24)11-14/h1-5,7-8,10-13,24H,6,9H2. The van der Waals surface area contributed by atoms with Crippen LogP contribution in [-0.4, -0.2) is 10.1 Å². The van der Waals surface area contributed by atoms with Crippen LogP contribution in [0.1, 0.15) is 27.9 Å². The maximum atomic E-state index is 9.77. The number of halogens is 1. The third-order valence-electron chi connectivity index (χ3n) is 4.35. The number of nitrogens with zero attached hydrogens (tertiary/aromatic N) is 1. The summed E-state index contributed by atoms with van der Waals surface area (Å²) in [6.07, 6.45) is 5.75. The van der Waals surface area contributed by atoms with Gasteiger partial charge in [0.25, 0.3) is 0 Å². The smallest absolute Gasteiger partial charge is 0.116 e. The highest BCUT2D eigenvalue weighted by Crippen LogP contribution is 2.35. The van der Waals surface area contributed by atoms with Crippen LogP contribution in [0.2, 0.25) is 5.02 Å². The predicted octanol–water partition coefficient (Wildman–Crippen LogP) is 5.13. The SMILES string of the molecule is Oc1cccc(C=C2c3ccc(Cl)cc3CCc3ncccc32)c1.